The fraction of sp³-hybridized carbons (Fsp3) is 0.381. The number of hydrogen-bond acceptors (Lipinski definition) is 2. The predicted molar refractivity (Wildman–Crippen MR) is 101 cm³/mol. The Morgan fingerprint density at radius 1 is 1.16 bits per heavy atom. The molecule has 1 saturated heterocycles. The number of nitrogens with zero attached hydrogens (tertiary/aromatic N) is 1. The highest BCUT2D eigenvalue weighted by Crippen LogP contribution is 2.33. The number of benzene rings is 2. The standard InChI is InChI=1S/C21H26N2O2/c1-3-5-16-7-11-18(12-8-16)22-21(24)23-15-4-6-20(23)17-9-13-19(25-2)14-10-17/h7-14,20H,3-6,15H2,1-2H3,(H,22,24). The van der Waals surface area contributed by atoms with Crippen molar-refractivity contribution >= 4 is 11.7 Å². The van der Waals surface area contributed by atoms with Gasteiger partial charge in [-0.1, -0.05) is 37.6 Å². The summed E-state index contributed by atoms with van der Waals surface area (Å²) in [5, 5.41) is 3.04. The lowest BCUT2D eigenvalue weighted by Gasteiger charge is -2.25. The van der Waals surface area contributed by atoms with Gasteiger partial charge in [-0.3, -0.25) is 0 Å². The maximum Gasteiger partial charge on any atom is 0.322 e. The molecule has 4 nitrogen and oxygen atoms in total. The van der Waals surface area contributed by atoms with Crippen LogP contribution >= 0.6 is 0 Å². The minimum atomic E-state index is -0.0263. The van der Waals surface area contributed by atoms with Crippen LogP contribution < -0.4 is 10.1 Å². The first kappa shape index (κ1) is 17.3. The predicted octanol–water partition coefficient (Wildman–Crippen LogP) is 5.02. The van der Waals surface area contributed by atoms with Gasteiger partial charge in [0.25, 0.3) is 0 Å². The third-order valence-electron chi connectivity index (χ3n) is 4.76. The molecule has 0 radical (unpaired) electrons. The molecule has 0 spiro atoms. The highest BCUT2D eigenvalue weighted by molar-refractivity contribution is 5.89. The molecule has 2 aromatic rings. The SMILES string of the molecule is CCCc1ccc(NC(=O)N2CCCC2c2ccc(OC)cc2)cc1. The van der Waals surface area contributed by atoms with Gasteiger partial charge in [-0.2, -0.15) is 0 Å². The number of hydrogen-bond donors (Lipinski definition) is 1. The van der Waals surface area contributed by atoms with E-state index in [1.807, 2.05) is 29.2 Å². The van der Waals surface area contributed by atoms with Crippen LogP contribution in [0, 0.1) is 0 Å². The molecule has 4 heteroatoms. The summed E-state index contributed by atoms with van der Waals surface area (Å²) >= 11 is 0. The first-order valence-corrected chi connectivity index (χ1v) is 9.01. The summed E-state index contributed by atoms with van der Waals surface area (Å²) < 4.78 is 5.22. The number of carbonyl (C=O) groups is 1. The maximum absolute atomic E-state index is 12.7. The monoisotopic (exact) mass is 338 g/mol. The van der Waals surface area contributed by atoms with Crippen molar-refractivity contribution in [3.63, 3.8) is 0 Å². The molecule has 1 fully saturated rings. The lowest BCUT2D eigenvalue weighted by molar-refractivity contribution is 0.207. The van der Waals surface area contributed by atoms with E-state index in [0.717, 1.165) is 49.2 Å². The lowest BCUT2D eigenvalue weighted by Crippen LogP contribution is -2.34. The zero-order valence-corrected chi connectivity index (χ0v) is 15.0. The minimum Gasteiger partial charge on any atom is -0.497 e. The number of nitrogens with one attached hydrogen (secondary N) is 1. The normalized spacial score (nSPS) is 16.7. The van der Waals surface area contributed by atoms with Crippen LogP contribution in [-0.4, -0.2) is 24.6 Å². The van der Waals surface area contributed by atoms with Crippen molar-refractivity contribution in [2.24, 2.45) is 0 Å². The summed E-state index contributed by atoms with van der Waals surface area (Å²) in [6.45, 7) is 2.96. The van der Waals surface area contributed by atoms with Crippen molar-refractivity contribution in [1.82, 2.24) is 4.90 Å². The molecule has 1 aliphatic heterocycles. The number of amides is 2. The van der Waals surface area contributed by atoms with E-state index < -0.39 is 0 Å². The van der Waals surface area contributed by atoms with Gasteiger partial charge < -0.3 is 15.0 Å². The van der Waals surface area contributed by atoms with E-state index in [4.69, 9.17) is 4.74 Å². The number of carbonyl (C=O) groups excluding carboxylic acids is 1. The molecule has 3 rings (SSSR count). The number of methoxy groups -OCH3 is 1. The van der Waals surface area contributed by atoms with Crippen LogP contribution in [0.3, 0.4) is 0 Å². The number of rotatable bonds is 5. The highest BCUT2D eigenvalue weighted by atomic mass is 16.5. The Morgan fingerprint density at radius 3 is 2.52 bits per heavy atom. The van der Waals surface area contributed by atoms with Crippen molar-refractivity contribution in [3.05, 3.63) is 59.7 Å². The van der Waals surface area contributed by atoms with E-state index in [2.05, 4.69) is 36.5 Å². The first-order valence-electron chi connectivity index (χ1n) is 9.01. The van der Waals surface area contributed by atoms with Gasteiger partial charge in [0, 0.05) is 12.2 Å². The lowest BCUT2D eigenvalue weighted by atomic mass is 10.0. The number of anilines is 1. The molecular weight excluding hydrogens is 312 g/mol. The molecule has 1 unspecified atom stereocenters. The van der Waals surface area contributed by atoms with Crippen LogP contribution in [0.25, 0.3) is 0 Å². The number of ether oxygens (including phenoxy) is 1. The van der Waals surface area contributed by atoms with Crippen molar-refractivity contribution < 1.29 is 9.53 Å². The molecule has 2 aromatic carbocycles. The van der Waals surface area contributed by atoms with Gasteiger partial charge in [0.1, 0.15) is 5.75 Å². The Balaban J connectivity index is 1.67. The summed E-state index contributed by atoms with van der Waals surface area (Å²) in [6.07, 6.45) is 4.22. The molecule has 0 saturated carbocycles. The second-order valence-corrected chi connectivity index (χ2v) is 6.50. The zero-order valence-electron chi connectivity index (χ0n) is 15.0. The number of urea groups is 1. The highest BCUT2D eigenvalue weighted by Gasteiger charge is 2.30. The van der Waals surface area contributed by atoms with E-state index in [0.29, 0.717) is 0 Å². The Hall–Kier alpha value is -2.49. The molecular formula is C21H26N2O2. The van der Waals surface area contributed by atoms with Gasteiger partial charge in [-0.05, 0) is 54.7 Å². The molecule has 1 atom stereocenters. The van der Waals surface area contributed by atoms with E-state index in [1.54, 1.807) is 7.11 Å². The summed E-state index contributed by atoms with van der Waals surface area (Å²) in [7, 11) is 1.66. The molecule has 0 aliphatic carbocycles. The van der Waals surface area contributed by atoms with Gasteiger partial charge in [-0.15, -0.1) is 0 Å². The molecule has 25 heavy (non-hydrogen) atoms. The largest absolute Gasteiger partial charge is 0.497 e. The molecule has 1 heterocycles. The Bertz CT molecular complexity index is 695. The quantitative estimate of drug-likeness (QED) is 0.832. The van der Waals surface area contributed by atoms with Gasteiger partial charge in [0.15, 0.2) is 0 Å². The summed E-state index contributed by atoms with van der Waals surface area (Å²) in [5.74, 6) is 0.838. The Kier molecular flexibility index (Phi) is 5.59. The van der Waals surface area contributed by atoms with Crippen LogP contribution in [0.15, 0.2) is 48.5 Å². The molecule has 0 aromatic heterocycles. The van der Waals surface area contributed by atoms with Gasteiger partial charge in [0.05, 0.1) is 13.2 Å². The molecule has 1 aliphatic rings. The topological polar surface area (TPSA) is 41.6 Å². The second-order valence-electron chi connectivity index (χ2n) is 6.50. The fourth-order valence-corrected chi connectivity index (χ4v) is 3.42. The van der Waals surface area contributed by atoms with Gasteiger partial charge in [0.2, 0.25) is 0 Å². The average Bonchev–Trinajstić information content (AvgIpc) is 3.13. The summed E-state index contributed by atoms with van der Waals surface area (Å²) in [5.41, 5.74) is 3.31. The van der Waals surface area contributed by atoms with Crippen LogP contribution in [0.1, 0.15) is 43.4 Å². The summed E-state index contributed by atoms with van der Waals surface area (Å²) in [4.78, 5) is 14.7. The third-order valence-corrected chi connectivity index (χ3v) is 4.76. The Labute approximate surface area is 149 Å². The molecule has 0 bridgehead atoms. The van der Waals surface area contributed by atoms with E-state index >= 15 is 0 Å². The van der Waals surface area contributed by atoms with E-state index in [9.17, 15) is 4.79 Å². The Morgan fingerprint density at radius 2 is 1.88 bits per heavy atom. The van der Waals surface area contributed by atoms with Crippen molar-refractivity contribution in [3.8, 4) is 5.75 Å². The maximum atomic E-state index is 12.7. The second kappa shape index (κ2) is 8.06. The average molecular weight is 338 g/mol. The van der Waals surface area contributed by atoms with Crippen molar-refractivity contribution in [2.45, 2.75) is 38.6 Å². The number of aryl methyl sites for hydroxylation is 1. The minimum absolute atomic E-state index is 0.0263. The fourth-order valence-electron chi connectivity index (χ4n) is 3.42. The van der Waals surface area contributed by atoms with Gasteiger partial charge in [-0.25, -0.2) is 4.79 Å². The van der Waals surface area contributed by atoms with E-state index in [1.165, 1.54) is 5.56 Å². The van der Waals surface area contributed by atoms with Crippen LogP contribution in [0.4, 0.5) is 10.5 Å². The summed E-state index contributed by atoms with van der Waals surface area (Å²) in [6, 6.07) is 16.3. The molecule has 1 N–H and O–H groups in total. The van der Waals surface area contributed by atoms with E-state index in [-0.39, 0.29) is 12.1 Å². The van der Waals surface area contributed by atoms with Crippen LogP contribution in [0.2, 0.25) is 0 Å². The van der Waals surface area contributed by atoms with Crippen molar-refractivity contribution in [1.29, 1.82) is 0 Å². The van der Waals surface area contributed by atoms with Gasteiger partial charge >= 0.3 is 6.03 Å². The zero-order chi connectivity index (χ0) is 17.6. The van der Waals surface area contributed by atoms with Crippen molar-refractivity contribution in [2.75, 3.05) is 19.0 Å². The first-order chi connectivity index (χ1) is 12.2. The molecule has 132 valence electrons. The smallest absolute Gasteiger partial charge is 0.322 e. The van der Waals surface area contributed by atoms with Crippen LogP contribution in [-0.2, 0) is 6.42 Å². The molecule has 2 amide bonds. The number of likely N-dealkylation sites (tertiary alicyclic amines) is 1. The van der Waals surface area contributed by atoms with Crippen LogP contribution in [0.5, 0.6) is 5.75 Å². The third kappa shape index (κ3) is 4.13.